The first-order chi connectivity index (χ1) is 8.58. The summed E-state index contributed by atoms with van der Waals surface area (Å²) < 4.78 is 0. The van der Waals surface area contributed by atoms with Crippen molar-refractivity contribution in [3.8, 4) is 0 Å². The van der Waals surface area contributed by atoms with Crippen molar-refractivity contribution in [1.82, 2.24) is 14.8 Å². The molecule has 100 valence electrons. The second-order valence-electron chi connectivity index (χ2n) is 4.81. The van der Waals surface area contributed by atoms with Crippen LogP contribution in [0.2, 0.25) is 0 Å². The van der Waals surface area contributed by atoms with E-state index in [0.29, 0.717) is 5.69 Å². The summed E-state index contributed by atoms with van der Waals surface area (Å²) >= 11 is 1.46. The van der Waals surface area contributed by atoms with E-state index in [2.05, 4.69) is 16.9 Å². The van der Waals surface area contributed by atoms with E-state index in [9.17, 15) is 4.79 Å². The Balaban J connectivity index is 2.05. The second-order valence-corrected chi connectivity index (χ2v) is 5.70. The first kappa shape index (κ1) is 13.5. The molecule has 1 aromatic rings. The Bertz CT molecular complexity index is 418. The number of hydrogen-bond donors (Lipinski definition) is 1. The van der Waals surface area contributed by atoms with Crippen molar-refractivity contribution in [2.75, 3.05) is 33.2 Å². The van der Waals surface area contributed by atoms with Crippen molar-refractivity contribution in [3.05, 3.63) is 16.1 Å². The Labute approximate surface area is 112 Å². The molecule has 18 heavy (non-hydrogen) atoms. The number of thiazole rings is 1. The lowest BCUT2D eigenvalue weighted by Gasteiger charge is -2.19. The largest absolute Gasteiger partial charge is 0.336 e. The molecule has 6 heteroatoms. The topological polar surface area (TPSA) is 62.5 Å². The number of aromatic nitrogens is 1. The maximum absolute atomic E-state index is 12.3. The fourth-order valence-electron chi connectivity index (χ4n) is 2.01. The molecule has 0 spiro atoms. The van der Waals surface area contributed by atoms with Gasteiger partial charge in [0.2, 0.25) is 0 Å². The lowest BCUT2D eigenvalue weighted by Crippen LogP contribution is -2.34. The monoisotopic (exact) mass is 268 g/mol. The Hall–Kier alpha value is -0.980. The van der Waals surface area contributed by atoms with Crippen LogP contribution < -0.4 is 5.73 Å². The fourth-order valence-corrected chi connectivity index (χ4v) is 2.76. The number of nitrogens with zero attached hydrogens (tertiary/aromatic N) is 3. The Morgan fingerprint density at radius 1 is 1.44 bits per heavy atom. The van der Waals surface area contributed by atoms with Crippen LogP contribution in [0.5, 0.6) is 0 Å². The molecule has 1 unspecified atom stereocenters. The van der Waals surface area contributed by atoms with Gasteiger partial charge >= 0.3 is 0 Å². The molecule has 1 fully saturated rings. The van der Waals surface area contributed by atoms with E-state index in [1.165, 1.54) is 11.3 Å². The molecule has 0 saturated carbocycles. The zero-order valence-electron chi connectivity index (χ0n) is 10.9. The smallest absolute Gasteiger partial charge is 0.273 e. The van der Waals surface area contributed by atoms with Crippen LogP contribution in [-0.2, 0) is 0 Å². The van der Waals surface area contributed by atoms with Crippen molar-refractivity contribution in [1.29, 1.82) is 0 Å². The molecule has 1 aliphatic rings. The number of hydrogen-bond acceptors (Lipinski definition) is 5. The predicted molar refractivity (Wildman–Crippen MR) is 72.7 cm³/mol. The molecular formula is C12H20N4OS. The molecule has 1 atom stereocenters. The summed E-state index contributed by atoms with van der Waals surface area (Å²) in [5.74, 6) is 0.0356. The second kappa shape index (κ2) is 5.77. The van der Waals surface area contributed by atoms with Gasteiger partial charge in [0.15, 0.2) is 0 Å². The maximum atomic E-state index is 12.3. The van der Waals surface area contributed by atoms with E-state index in [1.54, 1.807) is 0 Å². The Kier molecular flexibility index (Phi) is 4.31. The van der Waals surface area contributed by atoms with Gasteiger partial charge < -0.3 is 15.5 Å². The van der Waals surface area contributed by atoms with Gasteiger partial charge in [-0.05, 0) is 26.9 Å². The van der Waals surface area contributed by atoms with Crippen LogP contribution in [0, 0.1) is 0 Å². The summed E-state index contributed by atoms with van der Waals surface area (Å²) in [4.78, 5) is 20.8. The average molecular weight is 268 g/mol. The van der Waals surface area contributed by atoms with Crippen LogP contribution in [-0.4, -0.2) is 53.9 Å². The first-order valence-electron chi connectivity index (χ1n) is 6.26. The molecule has 0 radical (unpaired) electrons. The standard InChI is InChI=1S/C12H20N4OS/c1-9(13)11-14-10(8-18-11)12(17)16-5-3-4-15(2)6-7-16/h8-9H,3-7,13H2,1-2H3. The number of rotatable bonds is 2. The van der Waals surface area contributed by atoms with Gasteiger partial charge in [0.25, 0.3) is 5.91 Å². The van der Waals surface area contributed by atoms with Crippen LogP contribution in [0.3, 0.4) is 0 Å². The normalized spacial score (nSPS) is 19.6. The van der Waals surface area contributed by atoms with Crippen molar-refractivity contribution in [3.63, 3.8) is 0 Å². The van der Waals surface area contributed by atoms with Crippen LogP contribution in [0.15, 0.2) is 5.38 Å². The molecule has 1 aliphatic heterocycles. The molecule has 1 saturated heterocycles. The first-order valence-corrected chi connectivity index (χ1v) is 7.14. The summed E-state index contributed by atoms with van der Waals surface area (Å²) in [6.45, 7) is 5.45. The van der Waals surface area contributed by atoms with Crippen molar-refractivity contribution in [2.24, 2.45) is 5.73 Å². The lowest BCUT2D eigenvalue weighted by atomic mass is 10.3. The molecule has 0 aromatic carbocycles. The molecule has 1 aromatic heterocycles. The summed E-state index contributed by atoms with van der Waals surface area (Å²) in [5.41, 5.74) is 6.30. The van der Waals surface area contributed by atoms with Crippen LogP contribution in [0.1, 0.15) is 34.9 Å². The fraction of sp³-hybridized carbons (Fsp3) is 0.667. The van der Waals surface area contributed by atoms with Crippen LogP contribution >= 0.6 is 11.3 Å². The van der Waals surface area contributed by atoms with E-state index in [1.807, 2.05) is 17.2 Å². The Morgan fingerprint density at radius 3 is 2.89 bits per heavy atom. The van der Waals surface area contributed by atoms with E-state index in [0.717, 1.165) is 37.6 Å². The summed E-state index contributed by atoms with van der Waals surface area (Å²) in [7, 11) is 2.09. The van der Waals surface area contributed by atoms with Gasteiger partial charge in [-0.1, -0.05) is 0 Å². The molecule has 2 heterocycles. The maximum Gasteiger partial charge on any atom is 0.273 e. The Morgan fingerprint density at radius 2 is 2.22 bits per heavy atom. The highest BCUT2D eigenvalue weighted by molar-refractivity contribution is 7.09. The molecule has 0 bridgehead atoms. The summed E-state index contributed by atoms with van der Waals surface area (Å²) in [6, 6.07) is -0.105. The van der Waals surface area contributed by atoms with Gasteiger partial charge in [0, 0.05) is 25.0 Å². The van der Waals surface area contributed by atoms with E-state index < -0.39 is 0 Å². The average Bonchev–Trinajstić information content (AvgIpc) is 2.73. The van der Waals surface area contributed by atoms with E-state index >= 15 is 0 Å². The molecule has 1 amide bonds. The third-order valence-electron chi connectivity index (χ3n) is 3.14. The number of amides is 1. The predicted octanol–water partition coefficient (Wildman–Crippen LogP) is 0.941. The van der Waals surface area contributed by atoms with Crippen molar-refractivity contribution < 1.29 is 4.79 Å². The van der Waals surface area contributed by atoms with Gasteiger partial charge in [-0.3, -0.25) is 4.79 Å². The highest BCUT2D eigenvalue weighted by atomic mass is 32.1. The molecular weight excluding hydrogens is 248 g/mol. The van der Waals surface area contributed by atoms with Gasteiger partial charge in [-0.25, -0.2) is 4.98 Å². The van der Waals surface area contributed by atoms with Crippen LogP contribution in [0.25, 0.3) is 0 Å². The minimum absolute atomic E-state index is 0.0356. The minimum Gasteiger partial charge on any atom is -0.336 e. The summed E-state index contributed by atoms with van der Waals surface area (Å²) in [6.07, 6.45) is 1.02. The number of nitrogens with two attached hydrogens (primary N) is 1. The quantitative estimate of drug-likeness (QED) is 0.867. The lowest BCUT2D eigenvalue weighted by molar-refractivity contribution is 0.0757. The van der Waals surface area contributed by atoms with Gasteiger partial charge in [0.05, 0.1) is 6.04 Å². The van der Waals surface area contributed by atoms with E-state index in [4.69, 9.17) is 5.73 Å². The minimum atomic E-state index is -0.105. The van der Waals surface area contributed by atoms with Gasteiger partial charge in [0.1, 0.15) is 10.7 Å². The number of carbonyl (C=O) groups is 1. The number of carbonyl (C=O) groups excluding carboxylic acids is 1. The van der Waals surface area contributed by atoms with Gasteiger partial charge in [-0.2, -0.15) is 0 Å². The highest BCUT2D eigenvalue weighted by Gasteiger charge is 2.21. The SMILES string of the molecule is CC(N)c1nc(C(=O)N2CCCN(C)CC2)cs1. The molecule has 5 nitrogen and oxygen atoms in total. The molecule has 2 N–H and O–H groups in total. The molecule has 2 rings (SSSR count). The van der Waals surface area contributed by atoms with Crippen molar-refractivity contribution >= 4 is 17.2 Å². The third kappa shape index (κ3) is 3.07. The zero-order chi connectivity index (χ0) is 13.1. The van der Waals surface area contributed by atoms with E-state index in [-0.39, 0.29) is 11.9 Å². The van der Waals surface area contributed by atoms with Crippen molar-refractivity contribution in [2.45, 2.75) is 19.4 Å². The van der Waals surface area contributed by atoms with Crippen LogP contribution in [0.4, 0.5) is 0 Å². The zero-order valence-corrected chi connectivity index (χ0v) is 11.7. The van der Waals surface area contributed by atoms with Gasteiger partial charge in [-0.15, -0.1) is 11.3 Å². The molecule has 0 aliphatic carbocycles. The number of likely N-dealkylation sites (N-methyl/N-ethyl adjacent to an activating group) is 1. The summed E-state index contributed by atoms with van der Waals surface area (Å²) in [5, 5.41) is 2.64. The third-order valence-corrected chi connectivity index (χ3v) is 4.18. The highest BCUT2D eigenvalue weighted by Crippen LogP contribution is 2.17.